The molecule has 0 aliphatic carbocycles. The van der Waals surface area contributed by atoms with E-state index in [4.69, 9.17) is 0 Å². The summed E-state index contributed by atoms with van der Waals surface area (Å²) in [5, 5.41) is 5.02. The topological polar surface area (TPSA) is 85.9 Å². The average molecular weight is 445 g/mol. The van der Waals surface area contributed by atoms with E-state index in [1.807, 2.05) is 48.5 Å². The highest BCUT2D eigenvalue weighted by molar-refractivity contribution is 7.22. The number of thiazole rings is 1. The molecule has 160 valence electrons. The Morgan fingerprint density at radius 1 is 1.12 bits per heavy atom. The van der Waals surface area contributed by atoms with E-state index in [2.05, 4.69) is 22.0 Å². The van der Waals surface area contributed by atoms with Crippen molar-refractivity contribution in [3.8, 4) is 0 Å². The maximum absolute atomic E-state index is 13.5. The third kappa shape index (κ3) is 3.46. The first kappa shape index (κ1) is 20.1. The predicted molar refractivity (Wildman–Crippen MR) is 125 cm³/mol. The van der Waals surface area contributed by atoms with Gasteiger partial charge in [-0.2, -0.15) is 5.10 Å². The van der Waals surface area contributed by atoms with E-state index in [0.29, 0.717) is 21.9 Å². The van der Waals surface area contributed by atoms with Gasteiger partial charge in [-0.15, -0.1) is 0 Å². The van der Waals surface area contributed by atoms with E-state index >= 15 is 0 Å². The molecule has 0 N–H and O–H groups in total. The number of benzene rings is 2. The van der Waals surface area contributed by atoms with Gasteiger partial charge in [0.1, 0.15) is 18.3 Å². The molecule has 0 radical (unpaired) electrons. The summed E-state index contributed by atoms with van der Waals surface area (Å²) in [6.45, 7) is 1.92. The monoisotopic (exact) mass is 444 g/mol. The number of carbonyl (C=O) groups is 1. The number of aryl methyl sites for hydroxylation is 2. The van der Waals surface area contributed by atoms with Crippen LogP contribution in [0.15, 0.2) is 65.8 Å². The second-order valence-electron chi connectivity index (χ2n) is 7.40. The number of fused-ring (bicyclic) bond motifs is 2. The van der Waals surface area contributed by atoms with Crippen molar-refractivity contribution in [2.45, 2.75) is 19.9 Å². The number of amides is 1. The van der Waals surface area contributed by atoms with Crippen LogP contribution in [0, 0.1) is 0 Å². The van der Waals surface area contributed by atoms with Crippen LogP contribution in [0.5, 0.6) is 0 Å². The molecular weight excluding hydrogens is 424 g/mol. The quantitative estimate of drug-likeness (QED) is 0.413. The van der Waals surface area contributed by atoms with E-state index in [1.54, 1.807) is 11.9 Å². The summed E-state index contributed by atoms with van der Waals surface area (Å²) in [4.78, 5) is 37.0. The van der Waals surface area contributed by atoms with Crippen LogP contribution in [0.3, 0.4) is 0 Å². The molecule has 0 saturated carbocycles. The molecule has 0 saturated heterocycles. The van der Waals surface area contributed by atoms with Gasteiger partial charge in [0.05, 0.1) is 22.1 Å². The number of anilines is 2. The Morgan fingerprint density at radius 2 is 1.91 bits per heavy atom. The molecule has 8 nitrogen and oxygen atoms in total. The molecule has 0 unspecified atom stereocenters. The van der Waals surface area contributed by atoms with Gasteiger partial charge < -0.3 is 0 Å². The third-order valence-corrected chi connectivity index (χ3v) is 6.37. The van der Waals surface area contributed by atoms with Gasteiger partial charge in [-0.3, -0.25) is 23.7 Å². The van der Waals surface area contributed by atoms with Gasteiger partial charge in [-0.05, 0) is 36.2 Å². The first-order valence-corrected chi connectivity index (χ1v) is 11.0. The molecule has 3 aromatic heterocycles. The van der Waals surface area contributed by atoms with Crippen molar-refractivity contribution < 1.29 is 4.79 Å². The number of hydrogen-bond acceptors (Lipinski definition) is 6. The van der Waals surface area contributed by atoms with Crippen molar-refractivity contribution in [3.63, 3.8) is 0 Å². The normalized spacial score (nSPS) is 11.3. The number of carbonyl (C=O) groups excluding carboxylic acids is 1. The number of aromatic nitrogens is 5. The molecule has 5 rings (SSSR count). The van der Waals surface area contributed by atoms with E-state index in [1.165, 1.54) is 38.7 Å². The van der Waals surface area contributed by atoms with Gasteiger partial charge in [-0.1, -0.05) is 42.5 Å². The fourth-order valence-corrected chi connectivity index (χ4v) is 4.60. The molecule has 0 bridgehead atoms. The molecule has 2 aromatic carbocycles. The Bertz CT molecular complexity index is 1470. The summed E-state index contributed by atoms with van der Waals surface area (Å²) in [5.41, 5.74) is 2.88. The van der Waals surface area contributed by atoms with Gasteiger partial charge in [0.25, 0.3) is 11.5 Å². The zero-order valence-corrected chi connectivity index (χ0v) is 18.4. The summed E-state index contributed by atoms with van der Waals surface area (Å²) < 4.78 is 3.83. The van der Waals surface area contributed by atoms with Crippen LogP contribution < -0.4 is 10.5 Å². The zero-order chi connectivity index (χ0) is 22.2. The maximum atomic E-state index is 13.5. The number of nitrogens with zero attached hydrogens (tertiary/aromatic N) is 6. The summed E-state index contributed by atoms with van der Waals surface area (Å²) in [6.07, 6.45) is 3.77. The molecule has 0 spiro atoms. The highest BCUT2D eigenvalue weighted by atomic mass is 32.1. The fraction of sp³-hybridized carbons (Fsp3) is 0.174. The lowest BCUT2D eigenvalue weighted by Gasteiger charge is -2.20. The fourth-order valence-electron chi connectivity index (χ4n) is 3.59. The minimum atomic E-state index is -0.304. The zero-order valence-electron chi connectivity index (χ0n) is 17.6. The van der Waals surface area contributed by atoms with Crippen molar-refractivity contribution in [1.82, 2.24) is 24.3 Å². The molecular formula is C23H20N6O2S. The van der Waals surface area contributed by atoms with Gasteiger partial charge in [0, 0.05) is 7.05 Å². The standard InChI is InChI=1S/C23H20N6O2S/c1-3-15-8-10-16(11-9-15)29(23-26-18-6-4-5-7-19(18)32-23)20(30)13-28-14-24-21-17(22(28)31)12-25-27(21)2/h4-12,14H,3,13H2,1-2H3. The van der Waals surface area contributed by atoms with E-state index < -0.39 is 0 Å². The Balaban J connectivity index is 1.57. The van der Waals surface area contributed by atoms with Crippen molar-refractivity contribution in [2.24, 2.45) is 7.05 Å². The van der Waals surface area contributed by atoms with Crippen LogP contribution in [0.4, 0.5) is 10.8 Å². The minimum Gasteiger partial charge on any atom is -0.289 e. The Kier molecular flexibility index (Phi) is 5.02. The Labute approximate surface area is 187 Å². The second-order valence-corrected chi connectivity index (χ2v) is 8.41. The summed E-state index contributed by atoms with van der Waals surface area (Å²) in [7, 11) is 1.72. The predicted octanol–water partition coefficient (Wildman–Crippen LogP) is 3.67. The first-order chi connectivity index (χ1) is 15.5. The molecule has 0 atom stereocenters. The lowest BCUT2D eigenvalue weighted by atomic mass is 10.1. The van der Waals surface area contributed by atoms with Crippen LogP contribution in [0.25, 0.3) is 21.3 Å². The van der Waals surface area contributed by atoms with Crippen molar-refractivity contribution in [3.05, 3.63) is 77.0 Å². The van der Waals surface area contributed by atoms with Crippen LogP contribution >= 0.6 is 11.3 Å². The first-order valence-electron chi connectivity index (χ1n) is 10.2. The minimum absolute atomic E-state index is 0.165. The molecule has 0 fully saturated rings. The SMILES string of the molecule is CCc1ccc(N(C(=O)Cn2cnc3c(cnn3C)c2=O)c2nc3ccccc3s2)cc1. The summed E-state index contributed by atoms with van der Waals surface area (Å²) in [6, 6.07) is 15.6. The highest BCUT2D eigenvalue weighted by Gasteiger charge is 2.23. The second kappa shape index (κ2) is 8.01. The van der Waals surface area contributed by atoms with Crippen LogP contribution in [-0.2, 0) is 24.8 Å². The smallest absolute Gasteiger partial charge is 0.264 e. The molecule has 0 aliphatic rings. The number of hydrogen-bond donors (Lipinski definition) is 0. The Morgan fingerprint density at radius 3 is 2.66 bits per heavy atom. The maximum Gasteiger partial charge on any atom is 0.264 e. The Hall–Kier alpha value is -3.85. The van der Waals surface area contributed by atoms with Crippen LogP contribution in [0.2, 0.25) is 0 Å². The van der Waals surface area contributed by atoms with Gasteiger partial charge in [0.15, 0.2) is 10.8 Å². The molecule has 5 aromatic rings. The van der Waals surface area contributed by atoms with E-state index in [9.17, 15) is 9.59 Å². The molecule has 1 amide bonds. The van der Waals surface area contributed by atoms with Gasteiger partial charge >= 0.3 is 0 Å². The average Bonchev–Trinajstić information content (AvgIpc) is 3.40. The van der Waals surface area contributed by atoms with Crippen molar-refractivity contribution in [2.75, 3.05) is 4.90 Å². The van der Waals surface area contributed by atoms with E-state index in [-0.39, 0.29) is 18.0 Å². The largest absolute Gasteiger partial charge is 0.289 e. The molecule has 32 heavy (non-hydrogen) atoms. The highest BCUT2D eigenvalue weighted by Crippen LogP contribution is 2.33. The number of rotatable bonds is 5. The summed E-state index contributed by atoms with van der Waals surface area (Å²) in [5.74, 6) is -0.277. The van der Waals surface area contributed by atoms with Crippen LogP contribution in [0.1, 0.15) is 12.5 Å². The molecule has 3 heterocycles. The van der Waals surface area contributed by atoms with Gasteiger partial charge in [0.2, 0.25) is 0 Å². The molecule has 9 heteroatoms. The van der Waals surface area contributed by atoms with Crippen molar-refractivity contribution >= 4 is 49.3 Å². The third-order valence-electron chi connectivity index (χ3n) is 5.35. The lowest BCUT2D eigenvalue weighted by molar-refractivity contribution is -0.118. The van der Waals surface area contributed by atoms with E-state index in [0.717, 1.165) is 16.6 Å². The number of para-hydroxylation sites is 1. The molecule has 0 aliphatic heterocycles. The lowest BCUT2D eigenvalue weighted by Crippen LogP contribution is -2.33. The van der Waals surface area contributed by atoms with Crippen LogP contribution in [-0.4, -0.2) is 30.2 Å². The van der Waals surface area contributed by atoms with Crippen molar-refractivity contribution in [1.29, 1.82) is 0 Å². The van der Waals surface area contributed by atoms with Gasteiger partial charge in [-0.25, -0.2) is 9.97 Å². The summed E-state index contributed by atoms with van der Waals surface area (Å²) >= 11 is 1.44.